The second-order valence-corrected chi connectivity index (χ2v) is 5.67. The van der Waals surface area contributed by atoms with Crippen LogP contribution in [-0.4, -0.2) is 24.8 Å². The summed E-state index contributed by atoms with van der Waals surface area (Å²) in [7, 11) is 0. The summed E-state index contributed by atoms with van der Waals surface area (Å²) in [4.78, 5) is 2.53. The Kier molecular flexibility index (Phi) is 5.08. The quantitative estimate of drug-likeness (QED) is 0.749. The number of unbranched alkanes of at least 4 members (excludes halogenated alkanes) is 1. The van der Waals surface area contributed by atoms with E-state index in [1.165, 1.54) is 24.9 Å². The minimum Gasteiger partial charge on any atom is -0.454 e. The van der Waals surface area contributed by atoms with Gasteiger partial charge in [0.2, 0.25) is 6.79 Å². The number of benzene rings is 1. The summed E-state index contributed by atoms with van der Waals surface area (Å²) in [6.45, 7) is 10.5. The molecule has 0 atom stereocenters. The summed E-state index contributed by atoms with van der Waals surface area (Å²) < 4.78 is 10.8. The van der Waals surface area contributed by atoms with Crippen LogP contribution < -0.4 is 9.47 Å². The predicted octanol–water partition coefficient (Wildman–Crippen LogP) is 3.67. The fourth-order valence-electron chi connectivity index (χ4n) is 2.43. The van der Waals surface area contributed by atoms with Crippen LogP contribution in [0, 0.1) is 5.92 Å². The number of rotatable bonds is 7. The molecule has 0 aliphatic carbocycles. The first kappa shape index (κ1) is 14.2. The summed E-state index contributed by atoms with van der Waals surface area (Å²) >= 11 is 0. The highest BCUT2D eigenvalue weighted by molar-refractivity contribution is 5.44. The molecule has 0 saturated heterocycles. The van der Waals surface area contributed by atoms with Crippen molar-refractivity contribution in [1.82, 2.24) is 4.90 Å². The van der Waals surface area contributed by atoms with Gasteiger partial charge in [0.25, 0.3) is 0 Å². The Balaban J connectivity index is 1.99. The van der Waals surface area contributed by atoms with Crippen LogP contribution in [0.5, 0.6) is 11.5 Å². The third kappa shape index (κ3) is 4.13. The molecule has 106 valence electrons. The molecule has 0 bridgehead atoms. The number of fused-ring (bicyclic) bond motifs is 1. The van der Waals surface area contributed by atoms with Crippen molar-refractivity contribution >= 4 is 0 Å². The highest BCUT2D eigenvalue weighted by Crippen LogP contribution is 2.32. The van der Waals surface area contributed by atoms with Gasteiger partial charge in [0.15, 0.2) is 11.5 Å². The third-order valence-corrected chi connectivity index (χ3v) is 3.29. The third-order valence-electron chi connectivity index (χ3n) is 3.29. The first-order chi connectivity index (χ1) is 9.19. The summed E-state index contributed by atoms with van der Waals surface area (Å²) in [6, 6.07) is 6.28. The van der Waals surface area contributed by atoms with Gasteiger partial charge >= 0.3 is 0 Å². The van der Waals surface area contributed by atoms with Gasteiger partial charge in [-0.2, -0.15) is 0 Å². The fourth-order valence-corrected chi connectivity index (χ4v) is 2.43. The van der Waals surface area contributed by atoms with Crippen LogP contribution in [0.25, 0.3) is 0 Å². The molecule has 2 rings (SSSR count). The minimum atomic E-state index is 0.352. The number of nitrogens with zero attached hydrogens (tertiary/aromatic N) is 1. The molecule has 0 spiro atoms. The molecule has 0 N–H and O–H groups in total. The van der Waals surface area contributed by atoms with E-state index in [2.05, 4.69) is 37.8 Å². The molecule has 0 fully saturated rings. The molecular formula is C16H25NO2. The average Bonchev–Trinajstić information content (AvgIpc) is 2.82. The van der Waals surface area contributed by atoms with Gasteiger partial charge in [-0.25, -0.2) is 0 Å². The summed E-state index contributed by atoms with van der Waals surface area (Å²) in [5, 5.41) is 0. The molecule has 19 heavy (non-hydrogen) atoms. The van der Waals surface area contributed by atoms with Crippen molar-refractivity contribution in [2.45, 2.75) is 40.2 Å². The first-order valence-electron chi connectivity index (χ1n) is 7.30. The van der Waals surface area contributed by atoms with E-state index in [0.29, 0.717) is 12.7 Å². The van der Waals surface area contributed by atoms with E-state index in [9.17, 15) is 0 Å². The maximum Gasteiger partial charge on any atom is 0.231 e. The SMILES string of the molecule is CCCCN(Cc1ccc2c(c1)OCO2)CC(C)C. The summed E-state index contributed by atoms with van der Waals surface area (Å²) in [5.74, 6) is 2.45. The Bertz CT molecular complexity index is 404. The second-order valence-electron chi connectivity index (χ2n) is 5.67. The number of hydrogen-bond acceptors (Lipinski definition) is 3. The van der Waals surface area contributed by atoms with Crippen LogP contribution in [0.1, 0.15) is 39.2 Å². The van der Waals surface area contributed by atoms with Gasteiger partial charge in [0.05, 0.1) is 0 Å². The lowest BCUT2D eigenvalue weighted by molar-refractivity contribution is 0.174. The zero-order valence-electron chi connectivity index (χ0n) is 12.3. The summed E-state index contributed by atoms with van der Waals surface area (Å²) in [6.07, 6.45) is 2.51. The standard InChI is InChI=1S/C16H25NO2/c1-4-5-8-17(10-13(2)3)11-14-6-7-15-16(9-14)19-12-18-15/h6-7,9,13H,4-5,8,10-12H2,1-3H3. The molecule has 3 nitrogen and oxygen atoms in total. The molecule has 0 radical (unpaired) electrons. The van der Waals surface area contributed by atoms with Crippen LogP contribution in [0.3, 0.4) is 0 Å². The Morgan fingerprint density at radius 3 is 2.74 bits per heavy atom. The largest absolute Gasteiger partial charge is 0.454 e. The molecule has 1 aromatic rings. The molecule has 1 aliphatic heterocycles. The topological polar surface area (TPSA) is 21.7 Å². The Hall–Kier alpha value is -1.22. The van der Waals surface area contributed by atoms with Crippen molar-refractivity contribution in [2.24, 2.45) is 5.92 Å². The minimum absolute atomic E-state index is 0.352. The lowest BCUT2D eigenvalue weighted by Crippen LogP contribution is -2.28. The number of hydrogen-bond donors (Lipinski definition) is 0. The molecule has 0 aromatic heterocycles. The van der Waals surface area contributed by atoms with Crippen LogP contribution in [0.4, 0.5) is 0 Å². The average molecular weight is 263 g/mol. The van der Waals surface area contributed by atoms with Gasteiger partial charge < -0.3 is 9.47 Å². The van der Waals surface area contributed by atoms with Crippen molar-refractivity contribution in [1.29, 1.82) is 0 Å². The summed E-state index contributed by atoms with van der Waals surface area (Å²) in [5.41, 5.74) is 1.31. The van der Waals surface area contributed by atoms with E-state index < -0.39 is 0 Å². The van der Waals surface area contributed by atoms with Gasteiger partial charge in [-0.15, -0.1) is 0 Å². The molecule has 0 amide bonds. The lowest BCUT2D eigenvalue weighted by atomic mass is 10.1. The molecule has 1 heterocycles. The molecule has 0 saturated carbocycles. The normalized spacial score (nSPS) is 13.5. The van der Waals surface area contributed by atoms with Gasteiger partial charge in [0, 0.05) is 13.1 Å². The van der Waals surface area contributed by atoms with Crippen LogP contribution in [0.15, 0.2) is 18.2 Å². The maximum atomic E-state index is 5.44. The fraction of sp³-hybridized carbons (Fsp3) is 0.625. The van der Waals surface area contributed by atoms with E-state index in [0.717, 1.165) is 24.6 Å². The van der Waals surface area contributed by atoms with Gasteiger partial charge in [-0.05, 0) is 36.6 Å². The van der Waals surface area contributed by atoms with Gasteiger partial charge in [-0.1, -0.05) is 33.3 Å². The molecule has 3 heteroatoms. The Labute approximate surface area is 116 Å². The monoisotopic (exact) mass is 263 g/mol. The Morgan fingerprint density at radius 2 is 2.00 bits per heavy atom. The van der Waals surface area contributed by atoms with E-state index in [4.69, 9.17) is 9.47 Å². The Morgan fingerprint density at radius 1 is 1.21 bits per heavy atom. The molecule has 0 unspecified atom stereocenters. The van der Waals surface area contributed by atoms with E-state index in [1.54, 1.807) is 0 Å². The second kappa shape index (κ2) is 6.80. The highest BCUT2D eigenvalue weighted by Gasteiger charge is 2.14. The molecule has 1 aromatic carbocycles. The first-order valence-corrected chi connectivity index (χ1v) is 7.30. The van der Waals surface area contributed by atoms with Gasteiger partial charge in [0.1, 0.15) is 0 Å². The number of ether oxygens (including phenoxy) is 2. The van der Waals surface area contributed by atoms with Crippen molar-refractivity contribution in [3.63, 3.8) is 0 Å². The van der Waals surface area contributed by atoms with Crippen LogP contribution in [-0.2, 0) is 6.54 Å². The smallest absolute Gasteiger partial charge is 0.231 e. The lowest BCUT2D eigenvalue weighted by Gasteiger charge is -2.24. The molecular weight excluding hydrogens is 238 g/mol. The van der Waals surface area contributed by atoms with Crippen molar-refractivity contribution in [3.05, 3.63) is 23.8 Å². The van der Waals surface area contributed by atoms with E-state index in [1.807, 2.05) is 6.07 Å². The van der Waals surface area contributed by atoms with Crippen LogP contribution in [0.2, 0.25) is 0 Å². The van der Waals surface area contributed by atoms with Gasteiger partial charge in [-0.3, -0.25) is 4.90 Å². The van der Waals surface area contributed by atoms with Crippen molar-refractivity contribution in [2.75, 3.05) is 19.9 Å². The predicted molar refractivity (Wildman–Crippen MR) is 77.6 cm³/mol. The maximum absolute atomic E-state index is 5.44. The van der Waals surface area contributed by atoms with E-state index in [-0.39, 0.29) is 0 Å². The van der Waals surface area contributed by atoms with Crippen LogP contribution >= 0.6 is 0 Å². The zero-order valence-corrected chi connectivity index (χ0v) is 12.3. The highest BCUT2D eigenvalue weighted by atomic mass is 16.7. The molecule has 1 aliphatic rings. The van der Waals surface area contributed by atoms with Crippen molar-refractivity contribution < 1.29 is 9.47 Å². The van der Waals surface area contributed by atoms with E-state index >= 15 is 0 Å². The van der Waals surface area contributed by atoms with Crippen molar-refractivity contribution in [3.8, 4) is 11.5 Å². The zero-order chi connectivity index (χ0) is 13.7.